The maximum Gasteiger partial charge on any atom is 0.0857 e. The number of aliphatic imine (C=N–C) groups is 1. The van der Waals surface area contributed by atoms with Gasteiger partial charge >= 0.3 is 0 Å². The molecule has 0 amide bonds. The van der Waals surface area contributed by atoms with Crippen molar-refractivity contribution in [3.63, 3.8) is 0 Å². The van der Waals surface area contributed by atoms with Crippen LogP contribution in [0.1, 0.15) is 26.7 Å². The lowest BCUT2D eigenvalue weighted by atomic mass is 9.90. The van der Waals surface area contributed by atoms with Crippen LogP contribution in [0.2, 0.25) is 0 Å². The molecule has 74 valence electrons. The van der Waals surface area contributed by atoms with Crippen molar-refractivity contribution in [2.75, 3.05) is 0 Å². The average Bonchev–Trinajstić information content (AvgIpc) is 2.45. The third-order valence-corrected chi connectivity index (χ3v) is 3.24. The Bertz CT molecular complexity index is 220. The van der Waals surface area contributed by atoms with Crippen molar-refractivity contribution in [2.45, 2.75) is 26.7 Å². The van der Waals surface area contributed by atoms with Crippen LogP contribution in [0.5, 0.6) is 0 Å². The third kappa shape index (κ3) is 2.02. The van der Waals surface area contributed by atoms with Gasteiger partial charge in [-0.3, -0.25) is 0 Å². The second kappa shape index (κ2) is 4.30. The summed E-state index contributed by atoms with van der Waals surface area (Å²) in [6.07, 6.45) is 5.36. The predicted octanol–water partition coefficient (Wildman–Crippen LogP) is 1.46. The summed E-state index contributed by atoms with van der Waals surface area (Å²) in [4.78, 5) is 4.10. The van der Waals surface area contributed by atoms with Gasteiger partial charge < -0.3 is 11.5 Å². The minimum absolute atomic E-state index is 0.500. The Morgan fingerprint density at radius 1 is 1.31 bits per heavy atom. The zero-order chi connectivity index (χ0) is 9.84. The fourth-order valence-electron chi connectivity index (χ4n) is 2.13. The molecule has 0 aliphatic heterocycles. The molecule has 0 aromatic rings. The molecule has 1 aliphatic rings. The van der Waals surface area contributed by atoms with E-state index in [1.165, 1.54) is 19.2 Å². The first-order valence-electron chi connectivity index (χ1n) is 4.86. The maximum atomic E-state index is 5.51. The van der Waals surface area contributed by atoms with Crippen LogP contribution in [0, 0.1) is 17.8 Å². The van der Waals surface area contributed by atoms with E-state index in [1.807, 2.05) is 0 Å². The SMILES string of the molecule is CC1CCC(/C(=C/N)N=CN)C1C. The van der Waals surface area contributed by atoms with E-state index in [0.717, 1.165) is 11.6 Å². The summed E-state index contributed by atoms with van der Waals surface area (Å²) in [6, 6.07) is 0. The number of allylic oxidation sites excluding steroid dienone is 1. The first-order valence-corrected chi connectivity index (χ1v) is 4.86. The van der Waals surface area contributed by atoms with Crippen LogP contribution in [-0.2, 0) is 0 Å². The van der Waals surface area contributed by atoms with Gasteiger partial charge in [0.1, 0.15) is 0 Å². The number of hydrogen-bond donors (Lipinski definition) is 2. The highest BCUT2D eigenvalue weighted by Crippen LogP contribution is 2.40. The van der Waals surface area contributed by atoms with Crippen molar-refractivity contribution in [3.8, 4) is 0 Å². The quantitative estimate of drug-likeness (QED) is 0.500. The standard InChI is InChI=1S/C10H19N3/c1-7-3-4-9(8(7)2)10(5-11)13-6-12/h5-9H,3-4,11H2,1-2H3,(H2,12,13)/b10-5-. The van der Waals surface area contributed by atoms with Gasteiger partial charge in [0.15, 0.2) is 0 Å². The van der Waals surface area contributed by atoms with Crippen molar-refractivity contribution in [3.05, 3.63) is 11.9 Å². The molecule has 0 heterocycles. The summed E-state index contributed by atoms with van der Waals surface area (Å²) in [7, 11) is 0. The van der Waals surface area contributed by atoms with Crippen LogP contribution in [0.25, 0.3) is 0 Å². The first kappa shape index (κ1) is 10.1. The van der Waals surface area contributed by atoms with E-state index in [2.05, 4.69) is 18.8 Å². The molecule has 0 bridgehead atoms. The van der Waals surface area contributed by atoms with Gasteiger partial charge in [0.2, 0.25) is 0 Å². The van der Waals surface area contributed by atoms with Gasteiger partial charge in [-0.05, 0) is 24.7 Å². The molecule has 3 atom stereocenters. The fraction of sp³-hybridized carbons (Fsp3) is 0.700. The first-order chi connectivity index (χ1) is 6.20. The van der Waals surface area contributed by atoms with E-state index in [1.54, 1.807) is 6.20 Å². The lowest BCUT2D eigenvalue weighted by Crippen LogP contribution is -2.12. The summed E-state index contributed by atoms with van der Waals surface area (Å²) in [6.45, 7) is 4.54. The number of hydrogen-bond acceptors (Lipinski definition) is 2. The summed E-state index contributed by atoms with van der Waals surface area (Å²) in [5.41, 5.74) is 11.7. The molecule has 13 heavy (non-hydrogen) atoms. The summed E-state index contributed by atoms with van der Waals surface area (Å²) in [5.74, 6) is 1.94. The molecule has 3 heteroatoms. The van der Waals surface area contributed by atoms with Crippen molar-refractivity contribution < 1.29 is 0 Å². The second-order valence-electron chi connectivity index (χ2n) is 3.89. The predicted molar refractivity (Wildman–Crippen MR) is 56.0 cm³/mol. The van der Waals surface area contributed by atoms with E-state index < -0.39 is 0 Å². The minimum Gasteiger partial charge on any atom is -0.403 e. The second-order valence-corrected chi connectivity index (χ2v) is 3.89. The number of nitrogens with zero attached hydrogens (tertiary/aromatic N) is 1. The summed E-state index contributed by atoms with van der Waals surface area (Å²) >= 11 is 0. The highest BCUT2D eigenvalue weighted by molar-refractivity contribution is 5.53. The lowest BCUT2D eigenvalue weighted by Gasteiger charge is -2.17. The Hall–Kier alpha value is -0.990. The summed E-state index contributed by atoms with van der Waals surface area (Å²) < 4.78 is 0. The van der Waals surface area contributed by atoms with Crippen LogP contribution in [0.3, 0.4) is 0 Å². The van der Waals surface area contributed by atoms with E-state index in [9.17, 15) is 0 Å². The molecule has 3 nitrogen and oxygen atoms in total. The van der Waals surface area contributed by atoms with Crippen molar-refractivity contribution in [1.29, 1.82) is 0 Å². The molecule has 4 N–H and O–H groups in total. The third-order valence-electron chi connectivity index (χ3n) is 3.24. The van der Waals surface area contributed by atoms with Crippen LogP contribution >= 0.6 is 0 Å². The molecule has 1 rings (SSSR count). The van der Waals surface area contributed by atoms with Crippen LogP contribution < -0.4 is 11.5 Å². The number of rotatable bonds is 2. The van der Waals surface area contributed by atoms with Crippen LogP contribution in [0.15, 0.2) is 16.9 Å². The summed E-state index contributed by atoms with van der Waals surface area (Å²) in [5, 5.41) is 0. The average molecular weight is 181 g/mol. The molecule has 1 saturated carbocycles. The molecular formula is C10H19N3. The Morgan fingerprint density at radius 3 is 2.38 bits per heavy atom. The molecule has 0 aromatic carbocycles. The molecule has 3 unspecified atom stereocenters. The van der Waals surface area contributed by atoms with E-state index in [4.69, 9.17) is 11.5 Å². The molecule has 0 aromatic heterocycles. The van der Waals surface area contributed by atoms with E-state index >= 15 is 0 Å². The topological polar surface area (TPSA) is 64.4 Å². The lowest BCUT2D eigenvalue weighted by molar-refractivity contribution is 0.392. The van der Waals surface area contributed by atoms with Crippen molar-refractivity contribution in [1.82, 2.24) is 0 Å². The Morgan fingerprint density at radius 2 is 2.00 bits per heavy atom. The Kier molecular flexibility index (Phi) is 3.34. The molecular weight excluding hydrogens is 162 g/mol. The fourth-order valence-corrected chi connectivity index (χ4v) is 2.13. The molecule has 0 spiro atoms. The minimum atomic E-state index is 0.500. The molecule has 1 aliphatic carbocycles. The zero-order valence-electron chi connectivity index (χ0n) is 8.40. The van der Waals surface area contributed by atoms with Gasteiger partial charge in [0.05, 0.1) is 12.0 Å². The van der Waals surface area contributed by atoms with Gasteiger partial charge in [0, 0.05) is 12.1 Å². The van der Waals surface area contributed by atoms with Crippen LogP contribution in [0.4, 0.5) is 0 Å². The Labute approximate surface area is 79.9 Å². The zero-order valence-corrected chi connectivity index (χ0v) is 8.40. The van der Waals surface area contributed by atoms with Crippen molar-refractivity contribution >= 4 is 6.34 Å². The smallest absolute Gasteiger partial charge is 0.0857 e. The van der Waals surface area contributed by atoms with E-state index in [0.29, 0.717) is 11.8 Å². The van der Waals surface area contributed by atoms with Gasteiger partial charge in [-0.1, -0.05) is 13.8 Å². The van der Waals surface area contributed by atoms with Gasteiger partial charge in [-0.15, -0.1) is 0 Å². The Balaban J connectivity index is 2.71. The monoisotopic (exact) mass is 181 g/mol. The maximum absolute atomic E-state index is 5.51. The largest absolute Gasteiger partial charge is 0.403 e. The highest BCUT2D eigenvalue weighted by Gasteiger charge is 2.31. The van der Waals surface area contributed by atoms with Crippen LogP contribution in [-0.4, -0.2) is 6.34 Å². The van der Waals surface area contributed by atoms with Gasteiger partial charge in [0.25, 0.3) is 0 Å². The number of nitrogens with two attached hydrogens (primary N) is 2. The normalized spacial score (nSPS) is 35.8. The van der Waals surface area contributed by atoms with Crippen molar-refractivity contribution in [2.24, 2.45) is 34.2 Å². The molecule has 0 saturated heterocycles. The highest BCUT2D eigenvalue weighted by atomic mass is 14.8. The van der Waals surface area contributed by atoms with Gasteiger partial charge in [-0.2, -0.15) is 0 Å². The molecule has 1 fully saturated rings. The molecule has 0 radical (unpaired) electrons. The van der Waals surface area contributed by atoms with Gasteiger partial charge in [-0.25, -0.2) is 4.99 Å². The van der Waals surface area contributed by atoms with E-state index in [-0.39, 0.29) is 0 Å².